The number of nitrogens with zero attached hydrogens (tertiary/aromatic N) is 7. The third-order valence-corrected chi connectivity index (χ3v) is 5.62. The topological polar surface area (TPSA) is 93.6 Å². The molecule has 0 spiro atoms. The number of nitrogens with one attached hydrogen (secondary N) is 1. The van der Waals surface area contributed by atoms with Crippen LogP contribution in [0.3, 0.4) is 0 Å². The average Bonchev–Trinajstić information content (AvgIpc) is 3.52. The van der Waals surface area contributed by atoms with Gasteiger partial charge in [0.2, 0.25) is 0 Å². The van der Waals surface area contributed by atoms with Gasteiger partial charge >= 0.3 is 0 Å². The van der Waals surface area contributed by atoms with Crippen LogP contribution in [0, 0.1) is 0 Å². The maximum Gasteiger partial charge on any atom is 0.154 e. The van der Waals surface area contributed by atoms with Gasteiger partial charge in [-0.25, -0.2) is 0 Å². The van der Waals surface area contributed by atoms with Crippen molar-refractivity contribution in [2.24, 2.45) is 7.05 Å². The molecule has 29 heavy (non-hydrogen) atoms. The molecule has 0 saturated carbocycles. The van der Waals surface area contributed by atoms with E-state index in [4.69, 9.17) is 4.42 Å². The summed E-state index contributed by atoms with van der Waals surface area (Å²) in [5.74, 6) is 4.26. The van der Waals surface area contributed by atoms with Gasteiger partial charge < -0.3 is 8.98 Å². The molecule has 9 nitrogen and oxygen atoms in total. The van der Waals surface area contributed by atoms with E-state index in [0.29, 0.717) is 12.5 Å². The number of hydrogen-bond acceptors (Lipinski definition) is 6. The summed E-state index contributed by atoms with van der Waals surface area (Å²) in [7, 11) is 2.06. The molecule has 1 N–H and O–H groups in total. The van der Waals surface area contributed by atoms with Gasteiger partial charge in [0, 0.05) is 31.6 Å². The van der Waals surface area contributed by atoms with Crippen molar-refractivity contribution in [1.82, 2.24) is 39.6 Å². The van der Waals surface area contributed by atoms with E-state index in [1.807, 2.05) is 35.1 Å². The van der Waals surface area contributed by atoms with Gasteiger partial charge in [0.05, 0.1) is 6.54 Å². The second-order valence-corrected chi connectivity index (χ2v) is 7.52. The summed E-state index contributed by atoms with van der Waals surface area (Å²) >= 11 is 0. The van der Waals surface area contributed by atoms with Gasteiger partial charge in [-0.05, 0) is 50.2 Å². The van der Waals surface area contributed by atoms with Crippen molar-refractivity contribution in [3.63, 3.8) is 0 Å². The molecule has 150 valence electrons. The number of rotatable bonds is 6. The molecule has 1 aliphatic rings. The van der Waals surface area contributed by atoms with Crippen LogP contribution < -0.4 is 0 Å². The van der Waals surface area contributed by atoms with Crippen molar-refractivity contribution in [3.8, 4) is 11.5 Å². The second kappa shape index (κ2) is 7.67. The predicted molar refractivity (Wildman–Crippen MR) is 106 cm³/mol. The van der Waals surface area contributed by atoms with E-state index < -0.39 is 0 Å². The third-order valence-electron chi connectivity index (χ3n) is 5.62. The molecule has 0 aromatic carbocycles. The molecule has 5 heterocycles. The van der Waals surface area contributed by atoms with E-state index in [9.17, 15) is 0 Å². The van der Waals surface area contributed by atoms with E-state index in [1.54, 1.807) is 12.4 Å². The number of likely N-dealkylation sites (tertiary alicyclic amines) is 1. The predicted octanol–water partition coefficient (Wildman–Crippen LogP) is 2.42. The zero-order valence-electron chi connectivity index (χ0n) is 16.4. The lowest BCUT2D eigenvalue weighted by Crippen LogP contribution is -2.33. The summed E-state index contributed by atoms with van der Waals surface area (Å²) in [6.45, 7) is 3.51. The number of furan rings is 1. The van der Waals surface area contributed by atoms with Crippen LogP contribution in [0.5, 0.6) is 0 Å². The average molecular weight is 392 g/mol. The van der Waals surface area contributed by atoms with Crippen molar-refractivity contribution < 1.29 is 4.42 Å². The normalized spacial score (nSPS) is 15.9. The highest BCUT2D eigenvalue weighted by Gasteiger charge is 2.25. The van der Waals surface area contributed by atoms with Crippen LogP contribution in [0.2, 0.25) is 0 Å². The number of aromatic nitrogens is 7. The fourth-order valence-corrected chi connectivity index (χ4v) is 3.98. The minimum absolute atomic E-state index is 0.437. The van der Waals surface area contributed by atoms with Gasteiger partial charge in [-0.2, -0.15) is 10.2 Å². The maximum absolute atomic E-state index is 5.97. The van der Waals surface area contributed by atoms with Crippen LogP contribution in [0.25, 0.3) is 11.5 Å². The van der Waals surface area contributed by atoms with Gasteiger partial charge in [0.1, 0.15) is 23.8 Å². The Bertz CT molecular complexity index is 1040. The fourth-order valence-electron chi connectivity index (χ4n) is 3.98. The first-order valence-corrected chi connectivity index (χ1v) is 9.92. The van der Waals surface area contributed by atoms with E-state index in [2.05, 4.69) is 42.0 Å². The van der Waals surface area contributed by atoms with Gasteiger partial charge in [-0.15, -0.1) is 10.2 Å². The second-order valence-electron chi connectivity index (χ2n) is 7.52. The molecule has 1 saturated heterocycles. The van der Waals surface area contributed by atoms with E-state index in [1.165, 1.54) is 0 Å². The lowest BCUT2D eigenvalue weighted by molar-refractivity contribution is 0.187. The molecule has 0 unspecified atom stereocenters. The van der Waals surface area contributed by atoms with Crippen LogP contribution >= 0.6 is 0 Å². The molecule has 0 atom stereocenters. The van der Waals surface area contributed by atoms with Gasteiger partial charge in [-0.1, -0.05) is 0 Å². The van der Waals surface area contributed by atoms with Crippen LogP contribution in [-0.4, -0.2) is 52.7 Å². The zero-order chi connectivity index (χ0) is 19.6. The number of aromatic amines is 1. The largest absolute Gasteiger partial charge is 0.458 e. The number of hydrogen-bond donors (Lipinski definition) is 1. The summed E-state index contributed by atoms with van der Waals surface area (Å²) in [6, 6.07) is 7.88. The SMILES string of the molecule is Cn1c(Cn2cccn2)nnc1C1CCN(Cc2ccc(-c3ccn[nH]3)o2)CC1. The smallest absolute Gasteiger partial charge is 0.154 e. The van der Waals surface area contributed by atoms with Crippen molar-refractivity contribution in [1.29, 1.82) is 0 Å². The Hall–Kier alpha value is -3.20. The minimum atomic E-state index is 0.437. The monoisotopic (exact) mass is 392 g/mol. The first-order chi connectivity index (χ1) is 14.3. The highest BCUT2D eigenvalue weighted by molar-refractivity contribution is 5.51. The summed E-state index contributed by atoms with van der Waals surface area (Å²) in [5.41, 5.74) is 0.906. The molecule has 4 aromatic rings. The summed E-state index contributed by atoms with van der Waals surface area (Å²) in [6.07, 6.45) is 7.60. The van der Waals surface area contributed by atoms with E-state index in [0.717, 1.165) is 61.3 Å². The fraction of sp³-hybridized carbons (Fsp3) is 0.400. The van der Waals surface area contributed by atoms with Crippen LogP contribution in [0.4, 0.5) is 0 Å². The summed E-state index contributed by atoms with van der Waals surface area (Å²) in [5, 5.41) is 20.1. The minimum Gasteiger partial charge on any atom is -0.458 e. The van der Waals surface area contributed by atoms with Crippen molar-refractivity contribution in [2.45, 2.75) is 31.8 Å². The first-order valence-electron chi connectivity index (χ1n) is 9.92. The highest BCUT2D eigenvalue weighted by Crippen LogP contribution is 2.28. The van der Waals surface area contributed by atoms with Crippen LogP contribution in [-0.2, 0) is 20.1 Å². The van der Waals surface area contributed by atoms with Crippen molar-refractivity contribution >= 4 is 0 Å². The lowest BCUT2D eigenvalue weighted by Gasteiger charge is -2.30. The van der Waals surface area contributed by atoms with Crippen LogP contribution in [0.15, 0.2) is 47.3 Å². The Morgan fingerprint density at radius 3 is 2.76 bits per heavy atom. The Morgan fingerprint density at radius 2 is 2.00 bits per heavy atom. The number of H-pyrrole nitrogens is 1. The molecule has 0 aliphatic carbocycles. The van der Waals surface area contributed by atoms with Crippen LogP contribution in [0.1, 0.15) is 36.2 Å². The summed E-state index contributed by atoms with van der Waals surface area (Å²) < 4.78 is 9.97. The molecule has 1 fully saturated rings. The van der Waals surface area contributed by atoms with Gasteiger partial charge in [0.15, 0.2) is 11.6 Å². The molecular weight excluding hydrogens is 368 g/mol. The molecule has 5 rings (SSSR count). The number of piperidine rings is 1. The Kier molecular flexibility index (Phi) is 4.73. The van der Waals surface area contributed by atoms with E-state index >= 15 is 0 Å². The first kappa shape index (κ1) is 17.9. The molecule has 0 radical (unpaired) electrons. The molecule has 1 aliphatic heterocycles. The molecule has 4 aromatic heterocycles. The van der Waals surface area contributed by atoms with Gasteiger partial charge in [-0.3, -0.25) is 14.7 Å². The summed E-state index contributed by atoms with van der Waals surface area (Å²) in [4.78, 5) is 2.44. The lowest BCUT2D eigenvalue weighted by atomic mass is 9.96. The molecule has 9 heteroatoms. The standard InChI is InChI=1S/C20H24N8O/c1-26-19(14-28-10-2-8-22-28)24-25-20(26)15-6-11-27(12-7-15)13-16-3-4-18(29-16)17-5-9-21-23-17/h2-5,8-10,15H,6-7,11-14H2,1H3,(H,21,23). The maximum atomic E-state index is 5.97. The van der Waals surface area contributed by atoms with E-state index in [-0.39, 0.29) is 0 Å². The third kappa shape index (κ3) is 3.73. The Morgan fingerprint density at radius 1 is 1.10 bits per heavy atom. The van der Waals surface area contributed by atoms with Crippen molar-refractivity contribution in [3.05, 3.63) is 60.3 Å². The Labute approximate surface area is 168 Å². The molecule has 0 bridgehead atoms. The van der Waals surface area contributed by atoms with Gasteiger partial charge in [0.25, 0.3) is 0 Å². The zero-order valence-corrected chi connectivity index (χ0v) is 16.4. The molecular formula is C20H24N8O. The molecule has 0 amide bonds. The van der Waals surface area contributed by atoms with Crippen molar-refractivity contribution in [2.75, 3.05) is 13.1 Å². The highest BCUT2D eigenvalue weighted by atomic mass is 16.3. The quantitative estimate of drug-likeness (QED) is 0.542. The Balaban J connectivity index is 1.18.